The quantitative estimate of drug-likeness (QED) is 0.741. The summed E-state index contributed by atoms with van der Waals surface area (Å²) in [5.41, 5.74) is 0.804. The summed E-state index contributed by atoms with van der Waals surface area (Å²) in [5.74, 6) is 0.979. The smallest absolute Gasteiger partial charge is 0.124 e. The highest BCUT2D eigenvalue weighted by atomic mass is 19.1. The summed E-state index contributed by atoms with van der Waals surface area (Å²) in [6.45, 7) is 12.8. The summed E-state index contributed by atoms with van der Waals surface area (Å²) >= 11 is 0. The van der Waals surface area contributed by atoms with E-state index >= 15 is 0 Å². The first-order valence-electron chi connectivity index (χ1n) is 7.52. The third-order valence-electron chi connectivity index (χ3n) is 2.77. The zero-order valence-corrected chi connectivity index (χ0v) is 13.8. The number of ether oxygens (including phenoxy) is 2. The van der Waals surface area contributed by atoms with Crippen LogP contribution in [-0.4, -0.2) is 25.4 Å². The Morgan fingerprint density at radius 3 is 2.52 bits per heavy atom. The first-order chi connectivity index (χ1) is 9.78. The van der Waals surface area contributed by atoms with E-state index in [1.165, 1.54) is 12.1 Å². The summed E-state index contributed by atoms with van der Waals surface area (Å²) in [5, 5.41) is 3.34. The van der Waals surface area contributed by atoms with Crippen LogP contribution in [0.1, 0.15) is 40.2 Å². The topological polar surface area (TPSA) is 30.5 Å². The minimum absolute atomic E-state index is 0.0238. The molecule has 120 valence electrons. The summed E-state index contributed by atoms with van der Waals surface area (Å²) < 4.78 is 24.6. The predicted molar refractivity (Wildman–Crippen MR) is 84.1 cm³/mol. The average molecular weight is 297 g/mol. The lowest BCUT2D eigenvalue weighted by Crippen LogP contribution is -2.35. The Morgan fingerprint density at radius 2 is 1.90 bits per heavy atom. The molecule has 1 aromatic carbocycles. The molecule has 0 radical (unpaired) electrons. The fourth-order valence-corrected chi connectivity index (χ4v) is 1.72. The molecule has 0 atom stereocenters. The van der Waals surface area contributed by atoms with Gasteiger partial charge in [-0.3, -0.25) is 0 Å². The fraction of sp³-hybridized carbons (Fsp3) is 0.647. The van der Waals surface area contributed by atoms with E-state index in [9.17, 15) is 4.39 Å². The Morgan fingerprint density at radius 1 is 1.19 bits per heavy atom. The van der Waals surface area contributed by atoms with Crippen molar-refractivity contribution in [1.29, 1.82) is 0 Å². The number of nitrogens with one attached hydrogen (secondary N) is 1. The Bertz CT molecular complexity index is 427. The molecule has 0 bridgehead atoms. The van der Waals surface area contributed by atoms with E-state index in [1.807, 2.05) is 0 Å². The van der Waals surface area contributed by atoms with Crippen LogP contribution in [0.25, 0.3) is 0 Å². The van der Waals surface area contributed by atoms with Crippen LogP contribution in [0.15, 0.2) is 18.2 Å². The zero-order valence-electron chi connectivity index (χ0n) is 13.8. The molecule has 0 heterocycles. The van der Waals surface area contributed by atoms with Crippen LogP contribution in [0.2, 0.25) is 0 Å². The number of hydrogen-bond donors (Lipinski definition) is 1. The maximum absolute atomic E-state index is 13.4. The maximum Gasteiger partial charge on any atom is 0.124 e. The lowest BCUT2D eigenvalue weighted by molar-refractivity contribution is 0.0815. The lowest BCUT2D eigenvalue weighted by Gasteiger charge is -2.21. The van der Waals surface area contributed by atoms with E-state index in [0.29, 0.717) is 31.4 Å². The number of rotatable bonds is 8. The highest BCUT2D eigenvalue weighted by Gasteiger charge is 2.12. The summed E-state index contributed by atoms with van der Waals surface area (Å²) in [6, 6.07) is 4.62. The van der Waals surface area contributed by atoms with Gasteiger partial charge in [-0.1, -0.05) is 13.8 Å². The van der Waals surface area contributed by atoms with Crippen molar-refractivity contribution in [2.45, 2.75) is 46.7 Å². The Labute approximate surface area is 127 Å². The third kappa shape index (κ3) is 8.02. The first-order valence-corrected chi connectivity index (χ1v) is 7.52. The van der Waals surface area contributed by atoms with Gasteiger partial charge in [0.2, 0.25) is 0 Å². The van der Waals surface area contributed by atoms with E-state index in [4.69, 9.17) is 9.47 Å². The monoisotopic (exact) mass is 297 g/mol. The van der Waals surface area contributed by atoms with Crippen LogP contribution in [-0.2, 0) is 11.3 Å². The first kappa shape index (κ1) is 17.9. The Hall–Kier alpha value is -1.13. The van der Waals surface area contributed by atoms with Crippen molar-refractivity contribution >= 4 is 0 Å². The second-order valence-electron chi connectivity index (χ2n) is 6.67. The van der Waals surface area contributed by atoms with Gasteiger partial charge in [-0.05, 0) is 44.9 Å². The highest BCUT2D eigenvalue weighted by Crippen LogP contribution is 2.20. The van der Waals surface area contributed by atoms with Gasteiger partial charge in [-0.2, -0.15) is 0 Å². The molecular formula is C17H28FNO2. The second-order valence-corrected chi connectivity index (χ2v) is 6.67. The zero-order chi connectivity index (χ0) is 15.9. The minimum atomic E-state index is -0.246. The van der Waals surface area contributed by atoms with Gasteiger partial charge in [0.25, 0.3) is 0 Å². The minimum Gasteiger partial charge on any atom is -0.491 e. The predicted octanol–water partition coefficient (Wildman–Crippen LogP) is 3.77. The molecule has 0 saturated carbocycles. The van der Waals surface area contributed by atoms with Crippen LogP contribution in [0.4, 0.5) is 4.39 Å². The van der Waals surface area contributed by atoms with Crippen molar-refractivity contribution < 1.29 is 13.9 Å². The third-order valence-corrected chi connectivity index (χ3v) is 2.77. The molecule has 0 aromatic heterocycles. The van der Waals surface area contributed by atoms with Gasteiger partial charge in [0.05, 0.1) is 6.61 Å². The second kappa shape index (κ2) is 8.35. The molecule has 0 spiro atoms. The largest absolute Gasteiger partial charge is 0.491 e. The van der Waals surface area contributed by atoms with E-state index in [-0.39, 0.29) is 11.4 Å². The Balaban J connectivity index is 2.52. The molecule has 4 heteroatoms. The van der Waals surface area contributed by atoms with Crippen LogP contribution < -0.4 is 10.1 Å². The van der Waals surface area contributed by atoms with Gasteiger partial charge in [-0.25, -0.2) is 4.39 Å². The normalized spacial score (nSPS) is 12.0. The summed E-state index contributed by atoms with van der Waals surface area (Å²) in [7, 11) is 0. The maximum atomic E-state index is 13.4. The van der Waals surface area contributed by atoms with Crippen molar-refractivity contribution in [3.8, 4) is 5.75 Å². The standard InChI is InChI=1S/C17H28FNO2/c1-13(2)12-20-8-9-21-16-7-6-15(18)10-14(16)11-19-17(3,4)5/h6-7,10,13,19H,8-9,11-12H2,1-5H3. The molecule has 0 aliphatic rings. The van der Waals surface area contributed by atoms with Gasteiger partial charge < -0.3 is 14.8 Å². The van der Waals surface area contributed by atoms with Gasteiger partial charge in [-0.15, -0.1) is 0 Å². The van der Waals surface area contributed by atoms with Crippen LogP contribution in [0.3, 0.4) is 0 Å². The Kier molecular flexibility index (Phi) is 7.12. The summed E-state index contributed by atoms with van der Waals surface area (Å²) in [4.78, 5) is 0. The molecule has 0 fully saturated rings. The van der Waals surface area contributed by atoms with E-state index in [2.05, 4.69) is 39.9 Å². The molecule has 0 aliphatic heterocycles. The SMILES string of the molecule is CC(C)COCCOc1ccc(F)cc1CNC(C)(C)C. The van der Waals surface area contributed by atoms with E-state index < -0.39 is 0 Å². The van der Waals surface area contributed by atoms with Crippen molar-refractivity contribution in [2.75, 3.05) is 19.8 Å². The lowest BCUT2D eigenvalue weighted by atomic mass is 10.1. The molecule has 1 N–H and O–H groups in total. The summed E-state index contributed by atoms with van der Waals surface area (Å²) in [6.07, 6.45) is 0. The number of hydrogen-bond acceptors (Lipinski definition) is 3. The molecule has 0 amide bonds. The number of benzene rings is 1. The van der Waals surface area contributed by atoms with Gasteiger partial charge in [0, 0.05) is 24.3 Å². The van der Waals surface area contributed by atoms with E-state index in [0.717, 1.165) is 12.2 Å². The molecular weight excluding hydrogens is 269 g/mol. The molecule has 21 heavy (non-hydrogen) atoms. The molecule has 0 saturated heterocycles. The highest BCUT2D eigenvalue weighted by molar-refractivity contribution is 5.34. The average Bonchev–Trinajstić information content (AvgIpc) is 2.36. The van der Waals surface area contributed by atoms with Crippen LogP contribution in [0, 0.1) is 11.7 Å². The molecule has 1 aromatic rings. The molecule has 0 aliphatic carbocycles. The van der Waals surface area contributed by atoms with Crippen LogP contribution in [0.5, 0.6) is 5.75 Å². The van der Waals surface area contributed by atoms with Gasteiger partial charge in [0.15, 0.2) is 0 Å². The van der Waals surface area contributed by atoms with Crippen LogP contribution >= 0.6 is 0 Å². The van der Waals surface area contributed by atoms with E-state index in [1.54, 1.807) is 6.07 Å². The van der Waals surface area contributed by atoms with Gasteiger partial charge in [0.1, 0.15) is 18.2 Å². The van der Waals surface area contributed by atoms with Crippen molar-refractivity contribution in [3.05, 3.63) is 29.6 Å². The molecule has 3 nitrogen and oxygen atoms in total. The van der Waals surface area contributed by atoms with Gasteiger partial charge >= 0.3 is 0 Å². The molecule has 1 rings (SSSR count). The fourth-order valence-electron chi connectivity index (χ4n) is 1.72. The number of halogens is 1. The van der Waals surface area contributed by atoms with Crippen molar-refractivity contribution in [2.24, 2.45) is 5.92 Å². The van der Waals surface area contributed by atoms with Crippen molar-refractivity contribution in [1.82, 2.24) is 5.32 Å². The van der Waals surface area contributed by atoms with Crippen molar-refractivity contribution in [3.63, 3.8) is 0 Å². The molecule has 0 unspecified atom stereocenters.